The molecule has 0 radical (unpaired) electrons. The van der Waals surface area contributed by atoms with Gasteiger partial charge in [-0.05, 0) is 129 Å². The van der Waals surface area contributed by atoms with Crippen molar-refractivity contribution in [1.82, 2.24) is 51.0 Å². The van der Waals surface area contributed by atoms with Gasteiger partial charge in [-0.2, -0.15) is 5.10 Å². The van der Waals surface area contributed by atoms with E-state index in [1.807, 2.05) is 26.0 Å². The highest BCUT2D eigenvalue weighted by Crippen LogP contribution is 2.39. The van der Waals surface area contributed by atoms with Crippen LogP contribution in [0.2, 0.25) is 0 Å². The van der Waals surface area contributed by atoms with E-state index in [1.54, 1.807) is 64.2 Å². The third kappa shape index (κ3) is 11.9. The van der Waals surface area contributed by atoms with Crippen LogP contribution < -0.4 is 35.6 Å². The summed E-state index contributed by atoms with van der Waals surface area (Å²) in [4.78, 5) is 64.9. The average Bonchev–Trinajstić information content (AvgIpc) is 3.98. The highest BCUT2D eigenvalue weighted by Gasteiger charge is 2.46. The Bertz CT molecular complexity index is 2950. The third-order valence-corrected chi connectivity index (χ3v) is 18.4. The lowest BCUT2D eigenvalue weighted by atomic mass is 9.83. The van der Waals surface area contributed by atoms with Crippen LogP contribution in [0.4, 0.5) is 17.6 Å². The number of anilines is 3. The fraction of sp³-hybridized carbons (Fsp3) is 0.564. The molecule has 2 aliphatic carbocycles. The van der Waals surface area contributed by atoms with E-state index in [1.165, 1.54) is 11.9 Å². The second-order valence-corrected chi connectivity index (χ2v) is 24.6. The summed E-state index contributed by atoms with van der Waals surface area (Å²) < 4.78 is 39.9. The minimum Gasteiger partial charge on any atom is -0.492 e. The van der Waals surface area contributed by atoms with E-state index >= 15 is 0 Å². The van der Waals surface area contributed by atoms with Crippen molar-refractivity contribution in [3.05, 3.63) is 77.5 Å². The molecule has 75 heavy (non-hydrogen) atoms. The largest absolute Gasteiger partial charge is 0.492 e. The number of benzene rings is 2. The maximum Gasteiger partial charge on any atom is 0.246 e. The van der Waals surface area contributed by atoms with Gasteiger partial charge in [0.25, 0.3) is 0 Å². The summed E-state index contributed by atoms with van der Waals surface area (Å²) in [6.45, 7) is 12.6. The van der Waals surface area contributed by atoms with E-state index in [9.17, 15) is 22.8 Å². The van der Waals surface area contributed by atoms with Gasteiger partial charge in [-0.25, -0.2) is 28.4 Å². The van der Waals surface area contributed by atoms with Crippen LogP contribution in [-0.2, 0) is 30.6 Å². The molecule has 19 nitrogen and oxygen atoms in total. The molecule has 402 valence electrons. The van der Waals surface area contributed by atoms with Gasteiger partial charge in [0.15, 0.2) is 21.4 Å². The number of aromatic amines is 1. The van der Waals surface area contributed by atoms with Gasteiger partial charge in [-0.3, -0.25) is 19.5 Å². The number of piperidine rings is 1. The van der Waals surface area contributed by atoms with Crippen LogP contribution in [0.25, 0.3) is 10.9 Å². The van der Waals surface area contributed by atoms with Gasteiger partial charge in [-0.15, -0.1) is 0 Å². The zero-order chi connectivity index (χ0) is 53.0. The maximum absolute atomic E-state index is 14.8. The first-order chi connectivity index (χ1) is 36.0. The number of likely N-dealkylation sites (tertiary alicyclic amines) is 1. The minimum atomic E-state index is -3.84. The molecule has 5 aromatic rings. The first-order valence-corrected chi connectivity index (χ1v) is 28.3. The Kier molecular flexibility index (Phi) is 16.3. The summed E-state index contributed by atoms with van der Waals surface area (Å²) in [5, 5.41) is 20.5. The second-order valence-electron chi connectivity index (χ2n) is 21.9. The summed E-state index contributed by atoms with van der Waals surface area (Å²) in [6.07, 6.45) is 14.4. The molecule has 3 fully saturated rings. The Morgan fingerprint density at radius 2 is 1.67 bits per heavy atom. The van der Waals surface area contributed by atoms with E-state index in [4.69, 9.17) is 19.4 Å². The number of fused-ring (bicyclic) bond motifs is 2. The van der Waals surface area contributed by atoms with Gasteiger partial charge in [0.05, 0.1) is 47.9 Å². The molecule has 3 aromatic heterocycles. The lowest BCUT2D eigenvalue weighted by Gasteiger charge is -2.35. The topological polar surface area (TPSA) is 239 Å². The van der Waals surface area contributed by atoms with Crippen LogP contribution in [0, 0.1) is 25.7 Å². The van der Waals surface area contributed by atoms with E-state index < -0.39 is 38.8 Å². The van der Waals surface area contributed by atoms with Crippen LogP contribution in [0.5, 0.6) is 11.5 Å². The summed E-state index contributed by atoms with van der Waals surface area (Å²) >= 11 is 0. The Morgan fingerprint density at radius 1 is 0.920 bits per heavy atom. The second kappa shape index (κ2) is 22.8. The predicted molar refractivity (Wildman–Crippen MR) is 287 cm³/mol. The first kappa shape index (κ1) is 53.4. The summed E-state index contributed by atoms with van der Waals surface area (Å²) in [5.74, 6) is 1.88. The fourth-order valence-electron chi connectivity index (χ4n) is 11.0. The number of carbonyl (C=O) groups excluding carboxylic acids is 3. The number of aromatic nitrogens is 6. The number of likely N-dealkylation sites (N-methyl/N-ethyl adjacent to an activating group) is 1. The molecule has 2 saturated heterocycles. The monoisotopic (exact) mass is 1050 g/mol. The molecular weight excluding hydrogens is 973 g/mol. The zero-order valence-corrected chi connectivity index (χ0v) is 45.3. The Balaban J connectivity index is 0.838. The average molecular weight is 1050 g/mol. The molecule has 1 unspecified atom stereocenters. The highest BCUT2D eigenvalue weighted by atomic mass is 32.2. The van der Waals surface area contributed by atoms with Gasteiger partial charge < -0.3 is 40.5 Å². The van der Waals surface area contributed by atoms with Crippen molar-refractivity contribution < 1.29 is 32.3 Å². The van der Waals surface area contributed by atoms with Gasteiger partial charge in [-0.1, -0.05) is 43.5 Å². The number of aryl methyl sites for hydroxylation is 2. The molecule has 1 saturated carbocycles. The normalized spacial score (nSPS) is 20.5. The number of H-pyrrole nitrogens is 1. The van der Waals surface area contributed by atoms with Crippen molar-refractivity contribution in [2.45, 2.75) is 159 Å². The Hall–Kier alpha value is -6.41. The van der Waals surface area contributed by atoms with Crippen molar-refractivity contribution in [2.24, 2.45) is 11.8 Å². The molecule has 4 aliphatic rings. The molecule has 20 heteroatoms. The van der Waals surface area contributed by atoms with Crippen molar-refractivity contribution in [3.8, 4) is 11.5 Å². The van der Waals surface area contributed by atoms with Crippen LogP contribution in [0.3, 0.4) is 0 Å². The summed E-state index contributed by atoms with van der Waals surface area (Å²) in [5.41, 5.74) is 4.72. The molecule has 2 aromatic carbocycles. The molecule has 5 atom stereocenters. The fourth-order valence-corrected chi connectivity index (χ4v) is 12.3. The first-order valence-electron chi connectivity index (χ1n) is 26.8. The van der Waals surface area contributed by atoms with Crippen molar-refractivity contribution >= 4 is 56.0 Å². The number of ether oxygens (including phenoxy) is 2. The molecule has 2 aliphatic heterocycles. The van der Waals surface area contributed by atoms with Crippen LogP contribution >= 0.6 is 0 Å². The number of nitrogens with zero attached hydrogens (tertiary/aromatic N) is 7. The maximum atomic E-state index is 14.8. The van der Waals surface area contributed by atoms with Crippen molar-refractivity contribution in [1.29, 1.82) is 0 Å². The smallest absolute Gasteiger partial charge is 0.246 e. The SMILES string of the molecule is CN[C@@H](C)C(=O)NC(C(=O)N1C[C@@H](Oc2cnc(N3CCC(CCOc4cc5ncnc(Nc6n[nH]c(C)c6C)c5cc4S(=O)(=O)C(C)(C)C)CC3)nc2)C[C@H]1C(=O)N[C@@H]1CCCc2ccccc21)C1CCCCC1. The van der Waals surface area contributed by atoms with Crippen molar-refractivity contribution in [2.75, 3.05) is 43.5 Å². The van der Waals surface area contributed by atoms with Gasteiger partial charge in [0, 0.05) is 42.2 Å². The lowest BCUT2D eigenvalue weighted by Crippen LogP contribution is -2.58. The van der Waals surface area contributed by atoms with Crippen molar-refractivity contribution in [3.63, 3.8) is 0 Å². The third-order valence-electron chi connectivity index (χ3n) is 15.9. The molecular formula is C55H74N12O7S. The molecule has 3 amide bonds. The number of carbonyl (C=O) groups is 3. The predicted octanol–water partition coefficient (Wildman–Crippen LogP) is 6.98. The number of amides is 3. The molecule has 9 rings (SSSR count). The quantitative estimate of drug-likeness (QED) is 0.0632. The van der Waals surface area contributed by atoms with Crippen LogP contribution in [-0.4, -0.2) is 123 Å². The lowest BCUT2D eigenvalue weighted by molar-refractivity contribution is -0.143. The van der Waals surface area contributed by atoms with Crippen LogP contribution in [0.1, 0.15) is 127 Å². The van der Waals surface area contributed by atoms with E-state index in [2.05, 4.69) is 58.5 Å². The number of hydrogen-bond acceptors (Lipinski definition) is 15. The number of sulfone groups is 1. The van der Waals surface area contributed by atoms with E-state index in [0.29, 0.717) is 46.8 Å². The molecule has 5 heterocycles. The van der Waals surface area contributed by atoms with Crippen LogP contribution in [0.15, 0.2) is 60.0 Å². The molecule has 0 spiro atoms. The standard InChI is InChI=1S/C55H74N12O7S/c1-33-34(2)64-65-49(33)63-50-42-27-47(75(71,72)55(4,5)6)46(28-44(42)59-32-60-50)73-25-22-36-20-23-66(24-21-36)54-57-29-40(30-58-54)74-39-26-45(52(69)61-43-19-13-17-37-14-11-12-18-41(37)43)67(31-39)53(70)48(38-15-9-8-10-16-38)62-51(68)35(3)56-7/h11-12,14,18,27-30,32,35-36,38-39,43,45,48,56H,8-10,13,15-17,19-26,31H2,1-7H3,(H,61,69)(H,62,68)(H2,59,60,63,64,65)/t35-,39-,43+,45-,48?/m0/s1. The number of nitrogens with one attached hydrogen (secondary N) is 5. The number of hydrogen-bond donors (Lipinski definition) is 5. The van der Waals surface area contributed by atoms with Gasteiger partial charge >= 0.3 is 0 Å². The highest BCUT2D eigenvalue weighted by molar-refractivity contribution is 7.92. The van der Waals surface area contributed by atoms with E-state index in [0.717, 1.165) is 101 Å². The minimum absolute atomic E-state index is 0.0351. The Morgan fingerprint density at radius 3 is 2.37 bits per heavy atom. The van der Waals surface area contributed by atoms with Gasteiger partial charge in [0.1, 0.15) is 41.0 Å². The van der Waals surface area contributed by atoms with Gasteiger partial charge in [0.2, 0.25) is 23.7 Å². The summed E-state index contributed by atoms with van der Waals surface area (Å²) in [6, 6.07) is 9.30. The number of rotatable bonds is 17. The zero-order valence-electron chi connectivity index (χ0n) is 44.4. The molecule has 0 bridgehead atoms. The summed E-state index contributed by atoms with van der Waals surface area (Å²) in [7, 11) is -2.12. The Labute approximate surface area is 440 Å². The van der Waals surface area contributed by atoms with E-state index in [-0.39, 0.29) is 53.3 Å². The molecule has 5 N–H and O–H groups in total.